The fourth-order valence-electron chi connectivity index (χ4n) is 5.02. The molecular weight excluding hydrogens is 280 g/mol. The Morgan fingerprint density at radius 3 is 1.73 bits per heavy atom. The van der Waals surface area contributed by atoms with Gasteiger partial charge >= 0.3 is 0 Å². The normalized spacial score (nSPS) is 26.7. The summed E-state index contributed by atoms with van der Waals surface area (Å²) < 4.78 is 0. The van der Waals surface area contributed by atoms with Crippen molar-refractivity contribution in [2.24, 2.45) is 23.7 Å². The molecule has 1 heteroatoms. The van der Waals surface area contributed by atoms with E-state index in [0.717, 1.165) is 34.4 Å². The summed E-state index contributed by atoms with van der Waals surface area (Å²) >= 11 is 0. The van der Waals surface area contributed by atoms with Gasteiger partial charge in [0.1, 0.15) is 8.07 Å². The molecule has 1 saturated carbocycles. The van der Waals surface area contributed by atoms with Crippen LogP contribution in [0.3, 0.4) is 0 Å². The average Bonchev–Trinajstić information content (AvgIpc) is 2.37. The van der Waals surface area contributed by atoms with Crippen molar-refractivity contribution >= 4 is 8.07 Å². The Balaban J connectivity index is 3.14. The number of hydrogen-bond donors (Lipinski definition) is 0. The lowest BCUT2D eigenvalue weighted by molar-refractivity contribution is 0.185. The lowest BCUT2D eigenvalue weighted by Crippen LogP contribution is -2.43. The van der Waals surface area contributed by atoms with E-state index in [1.54, 1.807) is 0 Å². The van der Waals surface area contributed by atoms with E-state index in [2.05, 4.69) is 73.8 Å². The van der Waals surface area contributed by atoms with Crippen molar-refractivity contribution in [1.29, 1.82) is 0 Å². The van der Waals surface area contributed by atoms with Gasteiger partial charge in [-0.2, -0.15) is 0 Å². The van der Waals surface area contributed by atoms with Crippen molar-refractivity contribution in [3.8, 4) is 11.5 Å². The van der Waals surface area contributed by atoms with E-state index in [1.807, 2.05) is 0 Å². The van der Waals surface area contributed by atoms with E-state index in [4.69, 9.17) is 0 Å². The summed E-state index contributed by atoms with van der Waals surface area (Å²) in [5.74, 6) is 6.99. The van der Waals surface area contributed by atoms with Crippen LogP contribution in [0.4, 0.5) is 0 Å². The first-order valence-corrected chi connectivity index (χ1v) is 11.9. The zero-order valence-corrected chi connectivity index (χ0v) is 17.7. The number of rotatable bonds is 4. The molecule has 0 aromatic carbocycles. The first kappa shape index (κ1) is 19.8. The zero-order valence-electron chi connectivity index (χ0n) is 16.7. The van der Waals surface area contributed by atoms with E-state index >= 15 is 0 Å². The molecule has 0 aromatic heterocycles. The quantitative estimate of drug-likeness (QED) is 0.389. The minimum atomic E-state index is -1.56. The fraction of sp³-hybridized carbons (Fsp3) is 0.905. The predicted octanol–water partition coefficient (Wildman–Crippen LogP) is 6.92. The molecule has 1 fully saturated rings. The summed E-state index contributed by atoms with van der Waals surface area (Å²) in [5, 5.41) is 0. The van der Waals surface area contributed by atoms with Crippen molar-refractivity contribution in [2.45, 2.75) is 98.2 Å². The van der Waals surface area contributed by atoms with Gasteiger partial charge in [-0.25, -0.2) is 0 Å². The van der Waals surface area contributed by atoms with Crippen molar-refractivity contribution < 1.29 is 0 Å². The Hall–Kier alpha value is -0.223. The van der Waals surface area contributed by atoms with Crippen LogP contribution in [0.25, 0.3) is 0 Å². The SMILES string of the molecule is CC(C)[C@@H]1CC[C@@H](C)C[C@H]1C#C[Si](C(C)C)(C(C)C)C(C)C. The summed E-state index contributed by atoms with van der Waals surface area (Å²) in [4.78, 5) is 0. The van der Waals surface area contributed by atoms with E-state index in [1.165, 1.54) is 19.3 Å². The molecule has 0 nitrogen and oxygen atoms in total. The Morgan fingerprint density at radius 2 is 1.32 bits per heavy atom. The van der Waals surface area contributed by atoms with Crippen LogP contribution in [-0.4, -0.2) is 8.07 Å². The summed E-state index contributed by atoms with van der Waals surface area (Å²) in [6, 6.07) is 0. The van der Waals surface area contributed by atoms with Gasteiger partial charge in [-0.15, -0.1) is 11.5 Å². The third kappa shape index (κ3) is 4.19. The maximum Gasteiger partial charge on any atom is 0.145 e. The molecular formula is C21H40Si. The van der Waals surface area contributed by atoms with Crippen LogP contribution < -0.4 is 0 Å². The third-order valence-corrected chi connectivity index (χ3v) is 12.7. The van der Waals surface area contributed by atoms with Gasteiger partial charge in [0.15, 0.2) is 0 Å². The van der Waals surface area contributed by atoms with Crippen LogP contribution in [0.1, 0.15) is 81.6 Å². The van der Waals surface area contributed by atoms with Crippen LogP contribution in [0.5, 0.6) is 0 Å². The molecule has 0 unspecified atom stereocenters. The Bertz CT molecular complexity index is 372. The highest BCUT2D eigenvalue weighted by Crippen LogP contribution is 2.42. The second kappa shape index (κ2) is 8.05. The summed E-state index contributed by atoms with van der Waals surface area (Å²) in [6.07, 6.45) is 4.12. The fourth-order valence-corrected chi connectivity index (χ4v) is 10.3. The molecule has 0 aromatic rings. The smallest absolute Gasteiger partial charge is 0.130 e. The minimum Gasteiger partial charge on any atom is -0.130 e. The molecule has 128 valence electrons. The van der Waals surface area contributed by atoms with Crippen molar-refractivity contribution in [2.75, 3.05) is 0 Å². The summed E-state index contributed by atoms with van der Waals surface area (Å²) in [5.41, 5.74) is 6.24. The molecule has 0 N–H and O–H groups in total. The summed E-state index contributed by atoms with van der Waals surface area (Å²) in [6.45, 7) is 21.7. The third-order valence-electron chi connectivity index (χ3n) is 6.36. The molecule has 0 bridgehead atoms. The van der Waals surface area contributed by atoms with Crippen molar-refractivity contribution in [3.05, 3.63) is 0 Å². The topological polar surface area (TPSA) is 0 Å². The minimum absolute atomic E-state index is 0.645. The molecule has 1 aliphatic carbocycles. The first-order chi connectivity index (χ1) is 10.1. The molecule has 1 rings (SSSR count). The maximum absolute atomic E-state index is 4.00. The molecule has 0 radical (unpaired) electrons. The Labute approximate surface area is 141 Å². The van der Waals surface area contributed by atoms with Crippen molar-refractivity contribution in [3.63, 3.8) is 0 Å². The summed E-state index contributed by atoms with van der Waals surface area (Å²) in [7, 11) is -1.56. The molecule has 0 heterocycles. The van der Waals surface area contributed by atoms with Gasteiger partial charge in [0.2, 0.25) is 0 Å². The van der Waals surface area contributed by atoms with Crippen LogP contribution >= 0.6 is 0 Å². The van der Waals surface area contributed by atoms with Gasteiger partial charge in [0.25, 0.3) is 0 Å². The molecule has 0 saturated heterocycles. The van der Waals surface area contributed by atoms with E-state index in [9.17, 15) is 0 Å². The van der Waals surface area contributed by atoms with Crippen LogP contribution in [0.15, 0.2) is 0 Å². The highest BCUT2D eigenvalue weighted by atomic mass is 28.3. The molecule has 0 aliphatic heterocycles. The monoisotopic (exact) mass is 320 g/mol. The van der Waals surface area contributed by atoms with Crippen molar-refractivity contribution in [1.82, 2.24) is 0 Å². The molecule has 0 spiro atoms. The van der Waals surface area contributed by atoms with Crippen LogP contribution in [0.2, 0.25) is 16.6 Å². The predicted molar refractivity (Wildman–Crippen MR) is 104 cm³/mol. The van der Waals surface area contributed by atoms with Gasteiger partial charge in [-0.3, -0.25) is 0 Å². The largest absolute Gasteiger partial charge is 0.145 e. The molecule has 1 aliphatic rings. The van der Waals surface area contributed by atoms with Crippen LogP contribution in [0, 0.1) is 35.1 Å². The molecule has 0 amide bonds. The Morgan fingerprint density at radius 1 is 0.818 bits per heavy atom. The lowest BCUT2D eigenvalue weighted by Gasteiger charge is -2.39. The second-order valence-corrected chi connectivity index (χ2v) is 14.7. The zero-order chi connectivity index (χ0) is 17.1. The van der Waals surface area contributed by atoms with E-state index in [-0.39, 0.29) is 0 Å². The second-order valence-electron chi connectivity index (χ2n) is 9.10. The van der Waals surface area contributed by atoms with E-state index < -0.39 is 8.07 Å². The average molecular weight is 321 g/mol. The highest BCUT2D eigenvalue weighted by molar-refractivity contribution is 6.90. The highest BCUT2D eigenvalue weighted by Gasteiger charge is 2.42. The van der Waals surface area contributed by atoms with E-state index in [0.29, 0.717) is 5.92 Å². The lowest BCUT2D eigenvalue weighted by atomic mass is 9.70. The van der Waals surface area contributed by atoms with Gasteiger partial charge < -0.3 is 0 Å². The number of hydrogen-bond acceptors (Lipinski definition) is 0. The van der Waals surface area contributed by atoms with Gasteiger partial charge in [-0.1, -0.05) is 68.7 Å². The standard InChI is InChI=1S/C21H40Si/c1-15(2)21-11-10-19(9)14-20(21)12-13-22(16(3)4,17(5)6)18(7)8/h15-21H,10-11,14H2,1-9H3/t19-,20-,21+/m1/s1. The van der Waals surface area contributed by atoms with Gasteiger partial charge in [-0.05, 0) is 47.2 Å². The Kier molecular flexibility index (Phi) is 7.25. The van der Waals surface area contributed by atoms with Gasteiger partial charge in [0, 0.05) is 5.92 Å². The van der Waals surface area contributed by atoms with Crippen LogP contribution in [-0.2, 0) is 0 Å². The maximum atomic E-state index is 4.00. The first-order valence-electron chi connectivity index (χ1n) is 9.65. The molecule has 3 atom stereocenters. The molecule has 22 heavy (non-hydrogen) atoms. The van der Waals surface area contributed by atoms with Gasteiger partial charge in [0.05, 0.1) is 0 Å².